The summed E-state index contributed by atoms with van der Waals surface area (Å²) in [5.74, 6) is 0. The van der Waals surface area contributed by atoms with Crippen LogP contribution in [-0.4, -0.2) is 10.1 Å². The van der Waals surface area contributed by atoms with Gasteiger partial charge in [0.15, 0.2) is 0 Å². The Labute approximate surface area is 47.6 Å². The molecule has 0 aliphatic carbocycles. The second-order valence-corrected chi connectivity index (χ2v) is 3.99. The summed E-state index contributed by atoms with van der Waals surface area (Å²) < 4.78 is 0.332. The third-order valence-electron chi connectivity index (χ3n) is 0.303. The number of rotatable bonds is 1. The molecule has 1 unspecified atom stereocenters. The first kappa shape index (κ1) is 5.84. The molecule has 5 heavy (non-hydrogen) atoms. The Kier molecular flexibility index (Phi) is 3.56. The number of nitrogens with two attached hydrogens (primary N) is 2. The van der Waals surface area contributed by atoms with Crippen LogP contribution in [0.15, 0.2) is 0 Å². The Bertz CT molecular complexity index is 21.6. The van der Waals surface area contributed by atoms with Crippen LogP contribution in [0, 0.1) is 0 Å². The zero-order chi connectivity index (χ0) is 4.28. The Hall–Kier alpha value is 0.842. The predicted octanol–water partition coefficient (Wildman–Crippen LogP) is -1.22. The van der Waals surface area contributed by atoms with Crippen molar-refractivity contribution in [3.63, 3.8) is 0 Å². The topological polar surface area (TPSA) is 52.0 Å². The minimum absolute atomic E-state index is 0.332. The molecule has 0 aliphatic rings. The molecule has 0 rings (SSSR count). The Morgan fingerprint density at radius 3 is 2.00 bits per heavy atom. The quantitative estimate of drug-likeness (QED) is 0.486. The van der Waals surface area contributed by atoms with Gasteiger partial charge in [0.05, 0.1) is 0 Å². The SMILES string of the molecule is NC[CH](N)[Cd]. The molecule has 0 aliphatic heterocycles. The molecule has 0 saturated heterocycles. The third kappa shape index (κ3) is 4.84. The van der Waals surface area contributed by atoms with Crippen molar-refractivity contribution in [1.82, 2.24) is 0 Å². The Morgan fingerprint density at radius 2 is 2.00 bits per heavy atom. The van der Waals surface area contributed by atoms with Crippen molar-refractivity contribution in [2.45, 2.75) is 3.60 Å². The van der Waals surface area contributed by atoms with Crippen molar-refractivity contribution in [2.24, 2.45) is 11.5 Å². The molecule has 0 aromatic carbocycles. The predicted molar refractivity (Wildman–Crippen MR) is 17.0 cm³/mol. The molecule has 0 aromatic rings. The first-order chi connectivity index (χ1) is 2.27. The van der Waals surface area contributed by atoms with Gasteiger partial charge in [-0.3, -0.25) is 0 Å². The number of hydrogen-bond acceptors (Lipinski definition) is 2. The van der Waals surface area contributed by atoms with Crippen LogP contribution in [0.25, 0.3) is 0 Å². The van der Waals surface area contributed by atoms with E-state index in [1.54, 1.807) is 0 Å². The van der Waals surface area contributed by atoms with Crippen LogP contribution >= 0.6 is 0 Å². The fourth-order valence-corrected chi connectivity index (χ4v) is 0. The summed E-state index contributed by atoms with van der Waals surface area (Å²) in [4.78, 5) is 0. The molecule has 0 amide bonds. The van der Waals surface area contributed by atoms with Gasteiger partial charge in [-0.1, -0.05) is 0 Å². The van der Waals surface area contributed by atoms with Gasteiger partial charge in [-0.2, -0.15) is 0 Å². The third-order valence-corrected chi connectivity index (χ3v) is 1.25. The molecule has 3 heteroatoms. The molecule has 0 bridgehead atoms. The first-order valence-corrected chi connectivity index (χ1v) is 3.89. The van der Waals surface area contributed by atoms with Gasteiger partial charge in [-0.05, 0) is 0 Å². The maximum absolute atomic E-state index is 5.24. The van der Waals surface area contributed by atoms with Gasteiger partial charge < -0.3 is 0 Å². The monoisotopic (exact) mass is 173 g/mol. The van der Waals surface area contributed by atoms with Gasteiger partial charge in [-0.15, -0.1) is 0 Å². The van der Waals surface area contributed by atoms with Crippen LogP contribution in [0.1, 0.15) is 0 Å². The molecule has 0 saturated carbocycles. The van der Waals surface area contributed by atoms with Gasteiger partial charge in [0.25, 0.3) is 0 Å². The molecule has 2 nitrogen and oxygen atoms in total. The molecule has 0 fully saturated rings. The summed E-state index contributed by atoms with van der Waals surface area (Å²) >= 11 is 0.831. The van der Waals surface area contributed by atoms with Crippen molar-refractivity contribution >= 4 is 0 Å². The van der Waals surface area contributed by atoms with Crippen LogP contribution in [-0.2, 0) is 25.8 Å². The molecule has 1 atom stereocenters. The molecular weight excluding hydrogens is 164 g/mol. The summed E-state index contributed by atoms with van der Waals surface area (Å²) in [6.07, 6.45) is 0. The molecule has 0 spiro atoms. The zero-order valence-corrected chi connectivity index (χ0v) is 7.18. The molecule has 0 radical (unpaired) electrons. The summed E-state index contributed by atoms with van der Waals surface area (Å²) in [6, 6.07) is 0. The minimum atomic E-state index is 0.332. The van der Waals surface area contributed by atoms with Crippen LogP contribution in [0.3, 0.4) is 0 Å². The average Bonchev–Trinajstić information content (AvgIpc) is 1.38. The van der Waals surface area contributed by atoms with E-state index in [9.17, 15) is 0 Å². The van der Waals surface area contributed by atoms with Crippen molar-refractivity contribution < 1.29 is 25.8 Å². The normalized spacial score (nSPS) is 15.2. The van der Waals surface area contributed by atoms with Gasteiger partial charge in [0.1, 0.15) is 0 Å². The fraction of sp³-hybridized carbons (Fsp3) is 1.00. The zero-order valence-electron chi connectivity index (χ0n) is 3.15. The molecule has 0 heterocycles. The van der Waals surface area contributed by atoms with Crippen molar-refractivity contribution in [1.29, 1.82) is 0 Å². The van der Waals surface area contributed by atoms with E-state index in [2.05, 4.69) is 0 Å². The van der Waals surface area contributed by atoms with Crippen LogP contribution in [0.5, 0.6) is 0 Å². The summed E-state index contributed by atoms with van der Waals surface area (Å²) in [7, 11) is 0. The summed E-state index contributed by atoms with van der Waals surface area (Å²) in [5, 5.41) is 0. The van der Waals surface area contributed by atoms with E-state index < -0.39 is 0 Å². The van der Waals surface area contributed by atoms with E-state index in [1.165, 1.54) is 0 Å². The molecule has 27 valence electrons. The van der Waals surface area contributed by atoms with E-state index in [1.807, 2.05) is 0 Å². The van der Waals surface area contributed by atoms with Crippen molar-refractivity contribution in [2.75, 3.05) is 6.54 Å². The van der Waals surface area contributed by atoms with E-state index >= 15 is 0 Å². The number of hydrogen-bond donors (Lipinski definition) is 2. The summed E-state index contributed by atoms with van der Waals surface area (Å²) in [6.45, 7) is 0.659. The van der Waals surface area contributed by atoms with Gasteiger partial charge >= 0.3 is 47.4 Å². The van der Waals surface area contributed by atoms with Gasteiger partial charge in [-0.25, -0.2) is 0 Å². The molecule has 0 aromatic heterocycles. The second kappa shape index (κ2) is 3.05. The van der Waals surface area contributed by atoms with E-state index in [4.69, 9.17) is 11.5 Å². The van der Waals surface area contributed by atoms with Crippen molar-refractivity contribution in [3.05, 3.63) is 0 Å². The van der Waals surface area contributed by atoms with E-state index in [-0.39, 0.29) is 0 Å². The first-order valence-electron chi connectivity index (χ1n) is 1.56. The van der Waals surface area contributed by atoms with E-state index in [0.29, 0.717) is 10.1 Å². The van der Waals surface area contributed by atoms with Gasteiger partial charge in [0.2, 0.25) is 0 Å². The fourth-order valence-electron chi connectivity index (χ4n) is 0. The molecule has 4 N–H and O–H groups in total. The van der Waals surface area contributed by atoms with Crippen LogP contribution in [0.2, 0.25) is 0 Å². The van der Waals surface area contributed by atoms with Crippen LogP contribution in [0.4, 0.5) is 0 Å². The van der Waals surface area contributed by atoms with E-state index in [0.717, 1.165) is 25.8 Å². The average molecular weight is 172 g/mol. The molecular formula is C2H7CdN2. The Balaban J connectivity index is 2.54. The standard InChI is InChI=1S/C2H7N2.Cd/c3-1-2-4;/h1H,2-4H2;. The second-order valence-electron chi connectivity index (χ2n) is 0.996. The van der Waals surface area contributed by atoms with Crippen LogP contribution < -0.4 is 11.5 Å². The Morgan fingerprint density at radius 1 is 1.80 bits per heavy atom. The maximum atomic E-state index is 5.24. The van der Waals surface area contributed by atoms with Crippen molar-refractivity contribution in [3.8, 4) is 0 Å². The summed E-state index contributed by atoms with van der Waals surface area (Å²) in [5.41, 5.74) is 10.3. The van der Waals surface area contributed by atoms with Gasteiger partial charge in [0, 0.05) is 0 Å².